The van der Waals surface area contributed by atoms with E-state index in [1.54, 1.807) is 18.0 Å². The lowest BCUT2D eigenvalue weighted by atomic mass is 10.2. The van der Waals surface area contributed by atoms with Crippen molar-refractivity contribution in [3.8, 4) is 0 Å². The molecule has 0 aliphatic heterocycles. The SMILES string of the molecule is CSCCC(C)n1ccc(=O)nc1SCC(=O)O. The summed E-state index contributed by atoms with van der Waals surface area (Å²) < 4.78 is 1.87. The normalized spacial score (nSPS) is 12.3. The third kappa shape index (κ3) is 4.73. The molecule has 1 unspecified atom stereocenters. The molecular formula is C11H16N2O3S2. The first-order chi connectivity index (χ1) is 8.54. The topological polar surface area (TPSA) is 72.2 Å². The molecule has 1 atom stereocenters. The Morgan fingerprint density at radius 3 is 2.94 bits per heavy atom. The van der Waals surface area contributed by atoms with Gasteiger partial charge in [-0.15, -0.1) is 0 Å². The zero-order valence-electron chi connectivity index (χ0n) is 10.3. The summed E-state index contributed by atoms with van der Waals surface area (Å²) >= 11 is 2.83. The van der Waals surface area contributed by atoms with Gasteiger partial charge in [0.2, 0.25) is 0 Å². The van der Waals surface area contributed by atoms with Gasteiger partial charge in [-0.05, 0) is 25.4 Å². The Morgan fingerprint density at radius 1 is 1.61 bits per heavy atom. The Balaban J connectivity index is 2.88. The molecule has 0 aliphatic carbocycles. The average Bonchev–Trinajstić information content (AvgIpc) is 2.33. The minimum absolute atomic E-state index is 0.0916. The van der Waals surface area contributed by atoms with Gasteiger partial charge in [0.25, 0.3) is 5.56 Å². The van der Waals surface area contributed by atoms with E-state index in [0.717, 1.165) is 23.9 Å². The van der Waals surface area contributed by atoms with Gasteiger partial charge in [-0.2, -0.15) is 16.7 Å². The molecule has 1 aromatic heterocycles. The third-order valence-electron chi connectivity index (χ3n) is 2.34. The Morgan fingerprint density at radius 2 is 2.33 bits per heavy atom. The Labute approximate surface area is 114 Å². The second-order valence-corrected chi connectivity index (χ2v) is 5.70. The van der Waals surface area contributed by atoms with Crippen molar-refractivity contribution in [1.29, 1.82) is 0 Å². The summed E-state index contributed by atoms with van der Waals surface area (Å²) in [5.74, 6) is 0.00333. The number of hydrogen-bond donors (Lipinski definition) is 1. The van der Waals surface area contributed by atoms with Gasteiger partial charge in [-0.1, -0.05) is 11.8 Å². The number of aliphatic carboxylic acids is 1. The van der Waals surface area contributed by atoms with Crippen LogP contribution in [0.4, 0.5) is 0 Å². The third-order valence-corrected chi connectivity index (χ3v) is 3.94. The Kier molecular flexibility index (Phi) is 6.28. The Hall–Kier alpha value is -0.950. The largest absolute Gasteiger partial charge is 0.481 e. The van der Waals surface area contributed by atoms with E-state index in [0.29, 0.717) is 5.16 Å². The van der Waals surface area contributed by atoms with E-state index in [-0.39, 0.29) is 17.4 Å². The van der Waals surface area contributed by atoms with E-state index < -0.39 is 5.97 Å². The molecule has 0 amide bonds. The van der Waals surface area contributed by atoms with E-state index in [1.807, 2.05) is 17.7 Å². The second kappa shape index (κ2) is 7.48. The monoisotopic (exact) mass is 288 g/mol. The second-order valence-electron chi connectivity index (χ2n) is 3.77. The molecule has 0 spiro atoms. The highest BCUT2D eigenvalue weighted by Crippen LogP contribution is 2.21. The molecule has 0 fully saturated rings. The lowest BCUT2D eigenvalue weighted by Gasteiger charge is -2.18. The number of aromatic nitrogens is 2. The molecule has 0 saturated carbocycles. The van der Waals surface area contributed by atoms with Crippen LogP contribution in [0.5, 0.6) is 0 Å². The van der Waals surface area contributed by atoms with Crippen molar-refractivity contribution in [1.82, 2.24) is 9.55 Å². The first kappa shape index (κ1) is 15.1. The molecule has 0 aliphatic rings. The summed E-state index contributed by atoms with van der Waals surface area (Å²) in [6, 6.07) is 1.60. The van der Waals surface area contributed by atoms with Crippen LogP contribution in [0, 0.1) is 0 Å². The summed E-state index contributed by atoms with van der Waals surface area (Å²) in [5.41, 5.74) is -0.337. The molecule has 5 nitrogen and oxygen atoms in total. The van der Waals surface area contributed by atoms with Crippen LogP contribution in [0.2, 0.25) is 0 Å². The van der Waals surface area contributed by atoms with Crippen molar-refractivity contribution in [2.24, 2.45) is 0 Å². The number of nitrogens with zero attached hydrogens (tertiary/aromatic N) is 2. The maximum atomic E-state index is 11.2. The van der Waals surface area contributed by atoms with E-state index >= 15 is 0 Å². The molecule has 1 N–H and O–H groups in total. The zero-order valence-corrected chi connectivity index (χ0v) is 12.0. The smallest absolute Gasteiger partial charge is 0.313 e. The average molecular weight is 288 g/mol. The predicted octanol–water partition coefficient (Wildman–Crippen LogP) is 1.73. The van der Waals surface area contributed by atoms with Crippen LogP contribution in [-0.4, -0.2) is 38.4 Å². The quantitative estimate of drug-likeness (QED) is 0.608. The van der Waals surface area contributed by atoms with Crippen LogP contribution in [-0.2, 0) is 4.79 Å². The van der Waals surface area contributed by atoms with Gasteiger partial charge in [0.05, 0.1) is 5.75 Å². The highest BCUT2D eigenvalue weighted by atomic mass is 32.2. The van der Waals surface area contributed by atoms with Gasteiger partial charge in [0, 0.05) is 18.3 Å². The van der Waals surface area contributed by atoms with Gasteiger partial charge in [-0.3, -0.25) is 9.59 Å². The minimum atomic E-state index is -0.915. The molecular weight excluding hydrogens is 272 g/mol. The highest BCUT2D eigenvalue weighted by Gasteiger charge is 2.11. The van der Waals surface area contributed by atoms with Gasteiger partial charge < -0.3 is 9.67 Å². The molecule has 0 radical (unpaired) electrons. The number of hydrogen-bond acceptors (Lipinski definition) is 5. The Bertz CT molecular complexity index is 462. The summed E-state index contributed by atoms with van der Waals surface area (Å²) in [4.78, 5) is 25.7. The maximum absolute atomic E-state index is 11.2. The maximum Gasteiger partial charge on any atom is 0.313 e. The number of carboxylic acid groups (broad SMARTS) is 1. The first-order valence-corrected chi connectivity index (χ1v) is 7.85. The van der Waals surface area contributed by atoms with Crippen molar-refractivity contribution in [2.75, 3.05) is 17.8 Å². The summed E-state index contributed by atoms with van der Waals surface area (Å²) in [5, 5.41) is 9.15. The van der Waals surface area contributed by atoms with Crippen molar-refractivity contribution >= 4 is 29.5 Å². The number of thioether (sulfide) groups is 2. The molecule has 1 rings (SSSR count). The van der Waals surface area contributed by atoms with Crippen LogP contribution in [0.15, 0.2) is 22.2 Å². The van der Waals surface area contributed by atoms with Gasteiger partial charge in [0.15, 0.2) is 5.16 Å². The molecule has 0 bridgehead atoms. The highest BCUT2D eigenvalue weighted by molar-refractivity contribution is 7.99. The molecule has 100 valence electrons. The lowest BCUT2D eigenvalue weighted by Crippen LogP contribution is -2.17. The van der Waals surface area contributed by atoms with Crippen LogP contribution in [0.1, 0.15) is 19.4 Å². The van der Waals surface area contributed by atoms with Crippen molar-refractivity contribution in [3.63, 3.8) is 0 Å². The van der Waals surface area contributed by atoms with E-state index in [2.05, 4.69) is 4.98 Å². The fraction of sp³-hybridized carbons (Fsp3) is 0.545. The standard InChI is InChI=1S/C11H16N2O3S2/c1-8(4-6-17-2)13-5-3-9(14)12-11(13)18-7-10(15)16/h3,5,8H,4,6-7H2,1-2H3,(H,15,16). The summed E-state index contributed by atoms with van der Waals surface area (Å²) in [7, 11) is 0. The van der Waals surface area contributed by atoms with Gasteiger partial charge in [-0.25, -0.2) is 0 Å². The number of rotatable bonds is 7. The summed E-state index contributed by atoms with van der Waals surface area (Å²) in [6.45, 7) is 2.03. The predicted molar refractivity (Wildman–Crippen MR) is 74.6 cm³/mol. The first-order valence-electron chi connectivity index (χ1n) is 5.47. The molecule has 1 heterocycles. The minimum Gasteiger partial charge on any atom is -0.481 e. The molecule has 18 heavy (non-hydrogen) atoms. The summed E-state index contributed by atoms with van der Waals surface area (Å²) in [6.07, 6.45) is 4.67. The molecule has 1 aromatic rings. The van der Waals surface area contributed by atoms with Gasteiger partial charge >= 0.3 is 5.97 Å². The van der Waals surface area contributed by atoms with Crippen molar-refractivity contribution in [2.45, 2.75) is 24.5 Å². The van der Waals surface area contributed by atoms with Crippen LogP contribution in [0.3, 0.4) is 0 Å². The van der Waals surface area contributed by atoms with Crippen LogP contribution in [0.25, 0.3) is 0 Å². The van der Waals surface area contributed by atoms with Crippen LogP contribution >= 0.6 is 23.5 Å². The lowest BCUT2D eigenvalue weighted by molar-refractivity contribution is -0.133. The molecule has 0 aromatic carbocycles. The number of carbonyl (C=O) groups is 1. The van der Waals surface area contributed by atoms with Gasteiger partial charge in [0.1, 0.15) is 0 Å². The van der Waals surface area contributed by atoms with Crippen molar-refractivity contribution < 1.29 is 9.90 Å². The van der Waals surface area contributed by atoms with Crippen LogP contribution < -0.4 is 5.56 Å². The molecule has 7 heteroatoms. The molecule has 0 saturated heterocycles. The zero-order chi connectivity index (χ0) is 13.5. The van der Waals surface area contributed by atoms with Crippen molar-refractivity contribution in [3.05, 3.63) is 22.6 Å². The van der Waals surface area contributed by atoms with E-state index in [4.69, 9.17) is 5.11 Å². The fourth-order valence-electron chi connectivity index (χ4n) is 1.39. The van der Waals surface area contributed by atoms with E-state index in [9.17, 15) is 9.59 Å². The van der Waals surface area contributed by atoms with E-state index in [1.165, 1.54) is 6.07 Å². The number of carboxylic acids is 1. The fourth-order valence-corrected chi connectivity index (χ4v) is 2.77.